The van der Waals surface area contributed by atoms with Gasteiger partial charge < -0.3 is 5.11 Å². The van der Waals surface area contributed by atoms with Crippen molar-refractivity contribution in [3.05, 3.63) is 41.5 Å². The summed E-state index contributed by atoms with van der Waals surface area (Å²) in [5.41, 5.74) is 2.43. The van der Waals surface area contributed by atoms with E-state index >= 15 is 0 Å². The van der Waals surface area contributed by atoms with E-state index in [9.17, 15) is 5.11 Å². The van der Waals surface area contributed by atoms with Crippen molar-refractivity contribution in [1.82, 2.24) is 0 Å². The minimum absolute atomic E-state index is 0.130. The third-order valence-corrected chi connectivity index (χ3v) is 2.88. The van der Waals surface area contributed by atoms with Crippen LogP contribution < -0.4 is 0 Å². The van der Waals surface area contributed by atoms with E-state index in [1.807, 2.05) is 12.1 Å². The van der Waals surface area contributed by atoms with Gasteiger partial charge in [0.1, 0.15) is 0 Å². The van der Waals surface area contributed by atoms with Gasteiger partial charge in [-0.3, -0.25) is 0 Å². The zero-order chi connectivity index (χ0) is 9.97. The fourth-order valence-electron chi connectivity index (χ4n) is 1.90. The molecule has 1 N–H and O–H groups in total. The molecule has 74 valence electrons. The third kappa shape index (κ3) is 1.70. The summed E-state index contributed by atoms with van der Waals surface area (Å²) in [5, 5.41) is 9.86. The molecule has 1 aliphatic carbocycles. The summed E-state index contributed by atoms with van der Waals surface area (Å²) in [6, 6.07) is 8.16. The Labute approximate surface area is 89.0 Å². The SMILES string of the molecule is OC(CCCl)C1C=Cc2ccccc21. The van der Waals surface area contributed by atoms with Crippen LogP contribution in [0.15, 0.2) is 30.3 Å². The lowest BCUT2D eigenvalue weighted by atomic mass is 9.94. The standard InChI is InChI=1S/C12H13ClO/c13-8-7-12(14)11-6-5-9-3-1-2-4-10(9)11/h1-6,11-12,14H,7-8H2. The van der Waals surface area contributed by atoms with Crippen LogP contribution in [0.25, 0.3) is 6.08 Å². The van der Waals surface area contributed by atoms with E-state index < -0.39 is 0 Å². The summed E-state index contributed by atoms with van der Waals surface area (Å²) in [6.07, 6.45) is 4.41. The maximum absolute atomic E-state index is 9.86. The molecule has 0 saturated heterocycles. The van der Waals surface area contributed by atoms with Gasteiger partial charge in [0, 0.05) is 11.8 Å². The first-order valence-corrected chi connectivity index (χ1v) is 5.37. The number of benzene rings is 1. The second-order valence-electron chi connectivity index (χ2n) is 3.56. The Morgan fingerprint density at radius 1 is 1.36 bits per heavy atom. The second-order valence-corrected chi connectivity index (χ2v) is 3.94. The first-order valence-electron chi connectivity index (χ1n) is 4.84. The fraction of sp³-hybridized carbons (Fsp3) is 0.333. The smallest absolute Gasteiger partial charge is 0.0655 e. The molecular formula is C12H13ClO. The van der Waals surface area contributed by atoms with E-state index in [0.717, 1.165) is 0 Å². The molecule has 0 heterocycles. The normalized spacial score (nSPS) is 20.9. The summed E-state index contributed by atoms with van der Waals surface area (Å²) in [4.78, 5) is 0. The number of hydrogen-bond acceptors (Lipinski definition) is 1. The predicted octanol–water partition coefficient (Wildman–Crippen LogP) is 2.79. The summed E-state index contributed by atoms with van der Waals surface area (Å²) in [6.45, 7) is 0. The molecule has 0 fully saturated rings. The maximum atomic E-state index is 9.86. The zero-order valence-electron chi connectivity index (χ0n) is 7.86. The van der Waals surface area contributed by atoms with Gasteiger partial charge in [0.2, 0.25) is 0 Å². The van der Waals surface area contributed by atoms with E-state index in [2.05, 4.69) is 24.3 Å². The lowest BCUT2D eigenvalue weighted by molar-refractivity contribution is 0.157. The van der Waals surface area contributed by atoms with Crippen molar-refractivity contribution in [3.8, 4) is 0 Å². The molecule has 2 rings (SSSR count). The third-order valence-electron chi connectivity index (χ3n) is 2.66. The molecule has 2 unspecified atom stereocenters. The molecule has 2 heteroatoms. The Kier molecular flexibility index (Phi) is 2.90. The molecule has 0 aromatic heterocycles. The number of fused-ring (bicyclic) bond motifs is 1. The van der Waals surface area contributed by atoms with Crippen molar-refractivity contribution in [2.45, 2.75) is 18.4 Å². The van der Waals surface area contributed by atoms with Crippen LogP contribution in [-0.2, 0) is 0 Å². The monoisotopic (exact) mass is 208 g/mol. The highest BCUT2D eigenvalue weighted by Gasteiger charge is 2.23. The molecule has 1 aliphatic rings. The lowest BCUT2D eigenvalue weighted by Crippen LogP contribution is -2.16. The van der Waals surface area contributed by atoms with Crippen molar-refractivity contribution in [1.29, 1.82) is 0 Å². The molecule has 0 saturated carbocycles. The Morgan fingerprint density at radius 2 is 2.14 bits per heavy atom. The average molecular weight is 209 g/mol. The highest BCUT2D eigenvalue weighted by atomic mass is 35.5. The largest absolute Gasteiger partial charge is 0.392 e. The lowest BCUT2D eigenvalue weighted by Gasteiger charge is -2.17. The maximum Gasteiger partial charge on any atom is 0.0655 e. The Bertz CT molecular complexity index is 346. The van der Waals surface area contributed by atoms with Crippen LogP contribution in [0.3, 0.4) is 0 Å². The topological polar surface area (TPSA) is 20.2 Å². The van der Waals surface area contributed by atoms with Crippen LogP contribution in [0.1, 0.15) is 23.5 Å². The van der Waals surface area contributed by atoms with Gasteiger partial charge in [0.25, 0.3) is 0 Å². The van der Waals surface area contributed by atoms with Crippen LogP contribution in [-0.4, -0.2) is 17.1 Å². The van der Waals surface area contributed by atoms with Crippen molar-refractivity contribution >= 4 is 17.7 Å². The van der Waals surface area contributed by atoms with E-state index in [1.165, 1.54) is 11.1 Å². The summed E-state index contributed by atoms with van der Waals surface area (Å²) < 4.78 is 0. The van der Waals surface area contributed by atoms with Crippen molar-refractivity contribution in [3.63, 3.8) is 0 Å². The van der Waals surface area contributed by atoms with Gasteiger partial charge in [0.15, 0.2) is 0 Å². The van der Waals surface area contributed by atoms with Crippen LogP contribution in [0.2, 0.25) is 0 Å². The Balaban J connectivity index is 2.21. The molecule has 2 atom stereocenters. The summed E-state index contributed by atoms with van der Waals surface area (Å²) >= 11 is 5.62. The first kappa shape index (κ1) is 9.75. The summed E-state index contributed by atoms with van der Waals surface area (Å²) in [7, 11) is 0. The highest BCUT2D eigenvalue weighted by molar-refractivity contribution is 6.17. The second kappa shape index (κ2) is 4.16. The van der Waals surface area contributed by atoms with Crippen LogP contribution in [0.5, 0.6) is 0 Å². The van der Waals surface area contributed by atoms with Gasteiger partial charge in [-0.2, -0.15) is 0 Å². The van der Waals surface area contributed by atoms with E-state index in [1.54, 1.807) is 0 Å². The van der Waals surface area contributed by atoms with E-state index in [-0.39, 0.29) is 12.0 Å². The van der Waals surface area contributed by atoms with E-state index in [4.69, 9.17) is 11.6 Å². The van der Waals surface area contributed by atoms with Gasteiger partial charge in [-0.1, -0.05) is 36.4 Å². The van der Waals surface area contributed by atoms with Gasteiger partial charge in [-0.05, 0) is 17.5 Å². The molecule has 0 spiro atoms. The van der Waals surface area contributed by atoms with Crippen LogP contribution in [0, 0.1) is 0 Å². The highest BCUT2D eigenvalue weighted by Crippen LogP contribution is 2.33. The summed E-state index contributed by atoms with van der Waals surface area (Å²) in [5.74, 6) is 0.637. The molecular weight excluding hydrogens is 196 g/mol. The number of halogens is 1. The molecule has 0 aliphatic heterocycles. The van der Waals surface area contributed by atoms with Crippen molar-refractivity contribution in [2.24, 2.45) is 0 Å². The first-order chi connectivity index (χ1) is 6.83. The van der Waals surface area contributed by atoms with Crippen LogP contribution in [0.4, 0.5) is 0 Å². The minimum Gasteiger partial charge on any atom is -0.392 e. The predicted molar refractivity (Wildman–Crippen MR) is 59.6 cm³/mol. The average Bonchev–Trinajstić information content (AvgIpc) is 2.61. The molecule has 1 aromatic rings. The minimum atomic E-state index is -0.354. The Hall–Kier alpha value is -0.790. The van der Waals surface area contributed by atoms with Gasteiger partial charge in [-0.25, -0.2) is 0 Å². The molecule has 0 radical (unpaired) electrons. The molecule has 14 heavy (non-hydrogen) atoms. The zero-order valence-corrected chi connectivity index (χ0v) is 8.61. The fourth-order valence-corrected chi connectivity index (χ4v) is 2.13. The Morgan fingerprint density at radius 3 is 2.93 bits per heavy atom. The van der Waals surface area contributed by atoms with Gasteiger partial charge in [-0.15, -0.1) is 11.6 Å². The molecule has 1 nitrogen and oxygen atoms in total. The van der Waals surface area contributed by atoms with Gasteiger partial charge in [0.05, 0.1) is 6.10 Å². The van der Waals surface area contributed by atoms with Gasteiger partial charge >= 0.3 is 0 Å². The van der Waals surface area contributed by atoms with E-state index in [0.29, 0.717) is 12.3 Å². The number of alkyl halides is 1. The quantitative estimate of drug-likeness (QED) is 0.758. The van der Waals surface area contributed by atoms with Crippen molar-refractivity contribution in [2.75, 3.05) is 5.88 Å². The van der Waals surface area contributed by atoms with Crippen LogP contribution >= 0.6 is 11.6 Å². The van der Waals surface area contributed by atoms with Crippen molar-refractivity contribution < 1.29 is 5.11 Å². The number of hydrogen-bond donors (Lipinski definition) is 1. The number of rotatable bonds is 3. The number of aliphatic hydroxyl groups excluding tert-OH is 1. The molecule has 0 amide bonds. The number of aliphatic hydroxyl groups is 1. The molecule has 0 bridgehead atoms. The molecule has 1 aromatic carbocycles.